The summed E-state index contributed by atoms with van der Waals surface area (Å²) in [5, 5.41) is 5.24. The summed E-state index contributed by atoms with van der Waals surface area (Å²) in [6, 6.07) is 9.46. The van der Waals surface area contributed by atoms with Crippen LogP contribution in [0.15, 0.2) is 46.8 Å². The van der Waals surface area contributed by atoms with Gasteiger partial charge in [0.15, 0.2) is 0 Å². The Labute approximate surface area is 146 Å². The van der Waals surface area contributed by atoms with Crippen LogP contribution in [0.1, 0.15) is 12.2 Å². The maximum atomic E-state index is 12.3. The first-order chi connectivity index (χ1) is 12.2. The first kappa shape index (κ1) is 15.5. The zero-order valence-corrected chi connectivity index (χ0v) is 14.0. The van der Waals surface area contributed by atoms with Gasteiger partial charge < -0.3 is 10.3 Å². The van der Waals surface area contributed by atoms with E-state index in [-0.39, 0.29) is 17.9 Å². The fraction of sp³-hybridized carbons (Fsp3) is 0.176. The fourth-order valence-corrected chi connectivity index (χ4v) is 3.36. The van der Waals surface area contributed by atoms with Crippen LogP contribution in [-0.2, 0) is 17.9 Å². The Kier molecular flexibility index (Phi) is 4.02. The standard InChI is InChI=1S/C17H15N5O2S/c23-15(18-9-14-20-12-3-1-2-4-13(12)21-14)5-7-22-10-19-16-11(17(22)24)6-8-25-16/h1-4,6,8,10H,5,7,9H2,(H,18,23)(H,20,21). The number of carbonyl (C=O) groups is 1. The zero-order valence-electron chi connectivity index (χ0n) is 13.2. The van der Waals surface area contributed by atoms with Crippen LogP contribution in [0.2, 0.25) is 0 Å². The minimum absolute atomic E-state index is 0.115. The summed E-state index contributed by atoms with van der Waals surface area (Å²) < 4.78 is 1.47. The first-order valence-electron chi connectivity index (χ1n) is 7.84. The number of amides is 1. The number of aryl methyl sites for hydroxylation is 1. The number of aromatic nitrogens is 4. The number of carbonyl (C=O) groups excluding carboxylic acids is 1. The molecule has 4 aromatic rings. The third-order valence-electron chi connectivity index (χ3n) is 3.92. The average Bonchev–Trinajstić information content (AvgIpc) is 3.26. The van der Waals surface area contributed by atoms with Crippen molar-refractivity contribution in [2.24, 2.45) is 0 Å². The molecule has 0 bridgehead atoms. The predicted octanol–water partition coefficient (Wildman–Crippen LogP) is 2.04. The Morgan fingerprint density at radius 3 is 3.04 bits per heavy atom. The highest BCUT2D eigenvalue weighted by Crippen LogP contribution is 2.13. The Morgan fingerprint density at radius 2 is 2.16 bits per heavy atom. The number of aromatic amines is 1. The number of benzene rings is 1. The highest BCUT2D eigenvalue weighted by Gasteiger charge is 2.08. The molecule has 2 N–H and O–H groups in total. The second-order valence-corrected chi connectivity index (χ2v) is 6.50. The van der Waals surface area contributed by atoms with Gasteiger partial charge in [-0.2, -0.15) is 0 Å². The van der Waals surface area contributed by atoms with Crippen molar-refractivity contribution in [2.75, 3.05) is 0 Å². The van der Waals surface area contributed by atoms with E-state index in [9.17, 15) is 9.59 Å². The maximum absolute atomic E-state index is 12.3. The molecule has 0 fully saturated rings. The van der Waals surface area contributed by atoms with Crippen LogP contribution in [0.3, 0.4) is 0 Å². The Morgan fingerprint density at radius 1 is 1.28 bits per heavy atom. The van der Waals surface area contributed by atoms with E-state index in [4.69, 9.17) is 0 Å². The van der Waals surface area contributed by atoms with Gasteiger partial charge >= 0.3 is 0 Å². The van der Waals surface area contributed by atoms with Crippen molar-refractivity contribution < 1.29 is 4.79 Å². The van der Waals surface area contributed by atoms with Crippen LogP contribution in [0.5, 0.6) is 0 Å². The van der Waals surface area contributed by atoms with E-state index in [0.29, 0.717) is 24.3 Å². The van der Waals surface area contributed by atoms with Crippen molar-refractivity contribution in [2.45, 2.75) is 19.5 Å². The monoisotopic (exact) mass is 353 g/mol. The molecule has 126 valence electrons. The molecule has 7 nitrogen and oxygen atoms in total. The number of nitrogens with one attached hydrogen (secondary N) is 2. The van der Waals surface area contributed by atoms with Crippen molar-refractivity contribution in [1.82, 2.24) is 24.8 Å². The van der Waals surface area contributed by atoms with Crippen LogP contribution in [0, 0.1) is 0 Å². The molecule has 0 aliphatic rings. The molecule has 0 aliphatic heterocycles. The molecular weight excluding hydrogens is 338 g/mol. The van der Waals surface area contributed by atoms with Crippen LogP contribution < -0.4 is 10.9 Å². The molecule has 0 unspecified atom stereocenters. The molecule has 1 amide bonds. The van der Waals surface area contributed by atoms with Crippen molar-refractivity contribution >= 4 is 38.5 Å². The SMILES string of the molecule is O=C(CCn1cnc2sccc2c1=O)NCc1nc2ccccc2[nH]1. The predicted molar refractivity (Wildman–Crippen MR) is 96.4 cm³/mol. The molecule has 0 saturated carbocycles. The van der Waals surface area contributed by atoms with Crippen LogP contribution in [-0.4, -0.2) is 25.4 Å². The van der Waals surface area contributed by atoms with E-state index in [2.05, 4.69) is 20.3 Å². The number of rotatable bonds is 5. The molecule has 25 heavy (non-hydrogen) atoms. The number of hydrogen-bond donors (Lipinski definition) is 2. The lowest BCUT2D eigenvalue weighted by molar-refractivity contribution is -0.121. The lowest BCUT2D eigenvalue weighted by Crippen LogP contribution is -2.27. The Bertz CT molecular complexity index is 1080. The molecular formula is C17H15N5O2S. The summed E-state index contributed by atoms with van der Waals surface area (Å²) in [5.74, 6) is 0.561. The van der Waals surface area contributed by atoms with Gasteiger partial charge in [-0.1, -0.05) is 12.1 Å². The number of hydrogen-bond acceptors (Lipinski definition) is 5. The highest BCUT2D eigenvalue weighted by molar-refractivity contribution is 7.16. The van der Waals surface area contributed by atoms with E-state index < -0.39 is 0 Å². The molecule has 0 saturated heterocycles. The van der Waals surface area contributed by atoms with Crippen molar-refractivity contribution in [3.63, 3.8) is 0 Å². The van der Waals surface area contributed by atoms with Gasteiger partial charge in [-0.3, -0.25) is 14.2 Å². The second kappa shape index (κ2) is 6.48. The Hall–Kier alpha value is -3.00. The van der Waals surface area contributed by atoms with Crippen molar-refractivity contribution in [3.05, 3.63) is 58.2 Å². The van der Waals surface area contributed by atoms with Gasteiger partial charge in [0.1, 0.15) is 10.7 Å². The third-order valence-corrected chi connectivity index (χ3v) is 4.74. The van der Waals surface area contributed by atoms with Gasteiger partial charge in [0.2, 0.25) is 5.91 Å². The highest BCUT2D eigenvalue weighted by atomic mass is 32.1. The molecule has 0 atom stereocenters. The van der Waals surface area contributed by atoms with E-state index in [1.165, 1.54) is 22.2 Å². The number of nitrogens with zero attached hydrogens (tertiary/aromatic N) is 3. The summed E-state index contributed by atoms with van der Waals surface area (Å²) in [6.45, 7) is 0.619. The lowest BCUT2D eigenvalue weighted by Gasteiger charge is -2.06. The first-order valence-corrected chi connectivity index (χ1v) is 8.71. The molecule has 0 aliphatic carbocycles. The van der Waals surface area contributed by atoms with Gasteiger partial charge in [0, 0.05) is 13.0 Å². The molecule has 4 rings (SSSR count). The zero-order chi connectivity index (χ0) is 17.2. The van der Waals surface area contributed by atoms with Crippen LogP contribution >= 0.6 is 11.3 Å². The van der Waals surface area contributed by atoms with Gasteiger partial charge in [0.05, 0.1) is 29.3 Å². The molecule has 3 aromatic heterocycles. The van der Waals surface area contributed by atoms with E-state index >= 15 is 0 Å². The van der Waals surface area contributed by atoms with Crippen molar-refractivity contribution in [3.8, 4) is 0 Å². The smallest absolute Gasteiger partial charge is 0.262 e. The van der Waals surface area contributed by atoms with E-state index in [0.717, 1.165) is 15.9 Å². The molecule has 1 aromatic carbocycles. The Balaban J connectivity index is 1.37. The lowest BCUT2D eigenvalue weighted by atomic mass is 10.3. The summed E-state index contributed by atoms with van der Waals surface area (Å²) >= 11 is 1.43. The van der Waals surface area contributed by atoms with Gasteiger partial charge in [-0.15, -0.1) is 11.3 Å². The van der Waals surface area contributed by atoms with E-state index in [1.54, 1.807) is 6.07 Å². The van der Waals surface area contributed by atoms with Gasteiger partial charge in [-0.05, 0) is 23.6 Å². The normalized spacial score (nSPS) is 11.2. The second-order valence-electron chi connectivity index (χ2n) is 5.61. The van der Waals surface area contributed by atoms with Gasteiger partial charge in [0.25, 0.3) is 5.56 Å². The number of para-hydroxylation sites is 2. The number of H-pyrrole nitrogens is 1. The average molecular weight is 353 g/mol. The quantitative estimate of drug-likeness (QED) is 0.574. The molecule has 0 radical (unpaired) electrons. The summed E-state index contributed by atoms with van der Waals surface area (Å²) in [7, 11) is 0. The van der Waals surface area contributed by atoms with Gasteiger partial charge in [-0.25, -0.2) is 9.97 Å². The number of thiophene rings is 1. The van der Waals surface area contributed by atoms with Crippen molar-refractivity contribution in [1.29, 1.82) is 0 Å². The maximum Gasteiger partial charge on any atom is 0.262 e. The minimum atomic E-state index is -0.141. The molecule has 8 heteroatoms. The number of fused-ring (bicyclic) bond motifs is 2. The molecule has 0 spiro atoms. The topological polar surface area (TPSA) is 92.7 Å². The minimum Gasteiger partial charge on any atom is -0.349 e. The van der Waals surface area contributed by atoms with E-state index in [1.807, 2.05) is 29.6 Å². The fourth-order valence-electron chi connectivity index (χ4n) is 2.63. The summed E-state index contributed by atoms with van der Waals surface area (Å²) in [5.41, 5.74) is 1.69. The third kappa shape index (κ3) is 3.16. The largest absolute Gasteiger partial charge is 0.349 e. The summed E-state index contributed by atoms with van der Waals surface area (Å²) in [6.07, 6.45) is 1.70. The van der Waals surface area contributed by atoms with Crippen LogP contribution in [0.4, 0.5) is 0 Å². The van der Waals surface area contributed by atoms with Crippen LogP contribution in [0.25, 0.3) is 21.3 Å². The number of imidazole rings is 1. The summed E-state index contributed by atoms with van der Waals surface area (Å²) in [4.78, 5) is 36.8. The molecule has 3 heterocycles.